The van der Waals surface area contributed by atoms with Crippen LogP contribution >= 0.6 is 0 Å². The highest BCUT2D eigenvalue weighted by molar-refractivity contribution is 7.86. The molecule has 3 rings (SSSR count). The fourth-order valence-electron chi connectivity index (χ4n) is 2.95. The van der Waals surface area contributed by atoms with Gasteiger partial charge in [0.25, 0.3) is 10.2 Å². The minimum absolute atomic E-state index is 0.125. The predicted octanol–water partition coefficient (Wildman–Crippen LogP) is 1.25. The molecule has 0 bridgehead atoms. The van der Waals surface area contributed by atoms with E-state index < -0.39 is 16.2 Å². The Morgan fingerprint density at radius 3 is 2.64 bits per heavy atom. The van der Waals surface area contributed by atoms with E-state index in [1.54, 1.807) is 6.07 Å². The Bertz CT molecular complexity index is 727. The normalized spacial score (nSPS) is 19.8. The van der Waals surface area contributed by atoms with Gasteiger partial charge in [0.2, 0.25) is 0 Å². The second-order valence-corrected chi connectivity index (χ2v) is 7.39. The summed E-state index contributed by atoms with van der Waals surface area (Å²) in [5.41, 5.74) is 1.72. The standard InChI is InChI=1S/C15H18N2O4S/c18-15(19)13-6-4-5-12-7-10-17(11-14(12)13)22(20,21)16-8-2-1-3-9-16/h1-2,4-6H,3,7-11H2,(H,18,19). The van der Waals surface area contributed by atoms with Crippen molar-refractivity contribution < 1.29 is 18.3 Å². The van der Waals surface area contributed by atoms with Gasteiger partial charge in [-0.2, -0.15) is 17.0 Å². The molecule has 0 amide bonds. The summed E-state index contributed by atoms with van der Waals surface area (Å²) in [6, 6.07) is 5.11. The van der Waals surface area contributed by atoms with Crippen LogP contribution in [0.1, 0.15) is 27.9 Å². The van der Waals surface area contributed by atoms with Crippen LogP contribution in [-0.2, 0) is 23.2 Å². The van der Waals surface area contributed by atoms with Crippen molar-refractivity contribution in [1.82, 2.24) is 8.61 Å². The lowest BCUT2D eigenvalue weighted by Gasteiger charge is -2.34. The first kappa shape index (κ1) is 15.2. The second-order valence-electron chi connectivity index (χ2n) is 5.46. The van der Waals surface area contributed by atoms with Crippen LogP contribution in [0, 0.1) is 0 Å². The molecule has 0 spiro atoms. The molecule has 0 unspecified atom stereocenters. The van der Waals surface area contributed by atoms with Crippen LogP contribution in [0.25, 0.3) is 0 Å². The van der Waals surface area contributed by atoms with Crippen LogP contribution in [-0.4, -0.2) is 47.7 Å². The number of nitrogens with zero attached hydrogens (tertiary/aromatic N) is 2. The van der Waals surface area contributed by atoms with Gasteiger partial charge >= 0.3 is 5.97 Å². The van der Waals surface area contributed by atoms with Crippen LogP contribution in [0.3, 0.4) is 0 Å². The van der Waals surface area contributed by atoms with E-state index in [9.17, 15) is 18.3 Å². The average molecular weight is 322 g/mol. The first-order chi connectivity index (χ1) is 10.5. The monoisotopic (exact) mass is 322 g/mol. The van der Waals surface area contributed by atoms with Gasteiger partial charge in [0.05, 0.1) is 5.56 Å². The summed E-state index contributed by atoms with van der Waals surface area (Å²) >= 11 is 0. The van der Waals surface area contributed by atoms with E-state index in [0.29, 0.717) is 38.0 Å². The summed E-state index contributed by atoms with van der Waals surface area (Å²) in [5, 5.41) is 9.29. The molecule has 0 atom stereocenters. The van der Waals surface area contributed by atoms with Crippen molar-refractivity contribution in [2.24, 2.45) is 0 Å². The molecule has 7 heteroatoms. The van der Waals surface area contributed by atoms with Gasteiger partial charge in [-0.3, -0.25) is 0 Å². The summed E-state index contributed by atoms with van der Waals surface area (Å²) in [6.07, 6.45) is 5.07. The maximum atomic E-state index is 12.7. The van der Waals surface area contributed by atoms with Crippen LogP contribution in [0.15, 0.2) is 30.4 Å². The summed E-state index contributed by atoms with van der Waals surface area (Å²) in [7, 11) is -3.55. The molecule has 0 fully saturated rings. The fourth-order valence-corrected chi connectivity index (χ4v) is 4.50. The number of carboxylic acids is 1. The highest BCUT2D eigenvalue weighted by Gasteiger charge is 2.33. The molecular formula is C15H18N2O4S. The number of carboxylic acid groups (broad SMARTS) is 1. The highest BCUT2D eigenvalue weighted by Crippen LogP contribution is 2.26. The van der Waals surface area contributed by atoms with E-state index in [0.717, 1.165) is 5.56 Å². The number of aromatic carboxylic acids is 1. The number of hydrogen-bond donors (Lipinski definition) is 1. The fraction of sp³-hybridized carbons (Fsp3) is 0.400. The summed E-state index contributed by atoms with van der Waals surface area (Å²) in [4.78, 5) is 11.3. The molecule has 0 aliphatic carbocycles. The van der Waals surface area contributed by atoms with Crippen molar-refractivity contribution in [1.29, 1.82) is 0 Å². The highest BCUT2D eigenvalue weighted by atomic mass is 32.2. The Balaban J connectivity index is 1.90. The minimum atomic E-state index is -3.55. The Morgan fingerprint density at radius 1 is 1.14 bits per heavy atom. The lowest BCUT2D eigenvalue weighted by molar-refractivity contribution is 0.0694. The maximum absolute atomic E-state index is 12.7. The van der Waals surface area contributed by atoms with Crippen LogP contribution in [0.2, 0.25) is 0 Å². The van der Waals surface area contributed by atoms with Crippen molar-refractivity contribution in [2.45, 2.75) is 19.4 Å². The zero-order valence-corrected chi connectivity index (χ0v) is 12.9. The van der Waals surface area contributed by atoms with Crippen LogP contribution in [0.5, 0.6) is 0 Å². The molecule has 0 saturated carbocycles. The van der Waals surface area contributed by atoms with Crippen molar-refractivity contribution in [2.75, 3.05) is 19.6 Å². The van der Waals surface area contributed by atoms with E-state index in [1.807, 2.05) is 18.2 Å². The van der Waals surface area contributed by atoms with Crippen molar-refractivity contribution in [3.05, 3.63) is 47.0 Å². The number of fused-ring (bicyclic) bond motifs is 1. The van der Waals surface area contributed by atoms with Gasteiger partial charge in [0, 0.05) is 26.2 Å². The van der Waals surface area contributed by atoms with Gasteiger partial charge in [-0.05, 0) is 30.0 Å². The second kappa shape index (κ2) is 5.83. The molecule has 0 radical (unpaired) electrons. The van der Waals surface area contributed by atoms with E-state index in [2.05, 4.69) is 0 Å². The summed E-state index contributed by atoms with van der Waals surface area (Å²) in [6.45, 7) is 1.37. The predicted molar refractivity (Wildman–Crippen MR) is 81.8 cm³/mol. The molecular weight excluding hydrogens is 304 g/mol. The molecule has 1 aromatic rings. The third-order valence-electron chi connectivity index (χ3n) is 4.14. The van der Waals surface area contributed by atoms with Gasteiger partial charge in [0.15, 0.2) is 0 Å². The number of rotatable bonds is 3. The van der Waals surface area contributed by atoms with Gasteiger partial charge in [-0.25, -0.2) is 4.79 Å². The maximum Gasteiger partial charge on any atom is 0.336 e. The molecule has 2 heterocycles. The first-order valence-electron chi connectivity index (χ1n) is 7.24. The van der Waals surface area contributed by atoms with Crippen LogP contribution in [0.4, 0.5) is 0 Å². The molecule has 0 saturated heterocycles. The van der Waals surface area contributed by atoms with Gasteiger partial charge in [0.1, 0.15) is 0 Å². The topological polar surface area (TPSA) is 77.9 Å². The van der Waals surface area contributed by atoms with E-state index >= 15 is 0 Å². The molecule has 2 aliphatic heterocycles. The third kappa shape index (κ3) is 2.67. The largest absolute Gasteiger partial charge is 0.478 e. The Hall–Kier alpha value is -1.70. The third-order valence-corrected chi connectivity index (χ3v) is 6.09. The van der Waals surface area contributed by atoms with Crippen molar-refractivity contribution in [3.63, 3.8) is 0 Å². The number of hydrogen-bond acceptors (Lipinski definition) is 3. The molecule has 0 aromatic heterocycles. The summed E-state index contributed by atoms with van der Waals surface area (Å²) < 4.78 is 28.2. The Morgan fingerprint density at radius 2 is 1.95 bits per heavy atom. The molecule has 1 N–H and O–H groups in total. The van der Waals surface area contributed by atoms with E-state index in [4.69, 9.17) is 0 Å². The molecule has 22 heavy (non-hydrogen) atoms. The summed E-state index contributed by atoms with van der Waals surface area (Å²) in [5.74, 6) is -1.02. The Labute approximate surface area is 129 Å². The Kier molecular flexibility index (Phi) is 4.03. The quantitative estimate of drug-likeness (QED) is 0.850. The van der Waals surface area contributed by atoms with E-state index in [-0.39, 0.29) is 12.1 Å². The zero-order chi connectivity index (χ0) is 15.7. The van der Waals surface area contributed by atoms with E-state index in [1.165, 1.54) is 14.7 Å². The van der Waals surface area contributed by atoms with Crippen molar-refractivity contribution >= 4 is 16.2 Å². The number of benzene rings is 1. The van der Waals surface area contributed by atoms with Gasteiger partial charge in [-0.1, -0.05) is 24.3 Å². The minimum Gasteiger partial charge on any atom is -0.478 e. The number of carbonyl (C=O) groups is 1. The lowest BCUT2D eigenvalue weighted by atomic mass is 9.96. The first-order valence-corrected chi connectivity index (χ1v) is 8.64. The van der Waals surface area contributed by atoms with Gasteiger partial charge in [-0.15, -0.1) is 0 Å². The SMILES string of the molecule is O=C(O)c1cccc2c1CN(S(=O)(=O)N1CC=CCC1)CC2. The lowest BCUT2D eigenvalue weighted by Crippen LogP contribution is -2.47. The zero-order valence-electron chi connectivity index (χ0n) is 12.1. The molecule has 118 valence electrons. The average Bonchev–Trinajstić information content (AvgIpc) is 2.54. The van der Waals surface area contributed by atoms with Crippen LogP contribution < -0.4 is 0 Å². The van der Waals surface area contributed by atoms with Crippen molar-refractivity contribution in [3.8, 4) is 0 Å². The smallest absolute Gasteiger partial charge is 0.336 e. The van der Waals surface area contributed by atoms with Gasteiger partial charge < -0.3 is 5.11 Å². The molecule has 6 nitrogen and oxygen atoms in total. The molecule has 1 aromatic carbocycles. The molecule has 2 aliphatic rings.